The summed E-state index contributed by atoms with van der Waals surface area (Å²) in [5, 5.41) is 14.7. The van der Waals surface area contributed by atoms with Crippen molar-refractivity contribution in [3.8, 4) is 0 Å². The van der Waals surface area contributed by atoms with Gasteiger partial charge in [0.05, 0.1) is 18.7 Å². The van der Waals surface area contributed by atoms with E-state index in [9.17, 15) is 4.79 Å². The number of carbonyl (C=O) groups is 1. The highest BCUT2D eigenvalue weighted by molar-refractivity contribution is 7.09. The number of amides is 1. The first-order valence-corrected chi connectivity index (χ1v) is 8.31. The SMILES string of the molecule is C=CCN(CCO)Cc1csc(CC(=O)Nc2ccccc2)n1. The van der Waals surface area contributed by atoms with E-state index in [0.29, 0.717) is 19.6 Å². The van der Waals surface area contributed by atoms with Gasteiger partial charge in [0.25, 0.3) is 0 Å². The zero-order valence-corrected chi connectivity index (χ0v) is 13.8. The van der Waals surface area contributed by atoms with E-state index in [4.69, 9.17) is 5.11 Å². The summed E-state index contributed by atoms with van der Waals surface area (Å²) in [6.07, 6.45) is 2.07. The topological polar surface area (TPSA) is 65.5 Å². The first-order valence-electron chi connectivity index (χ1n) is 7.43. The fraction of sp³-hybridized carbons (Fsp3) is 0.294. The molecule has 1 amide bonds. The van der Waals surface area contributed by atoms with Crippen LogP contribution in [0.1, 0.15) is 10.7 Å². The van der Waals surface area contributed by atoms with Crippen molar-refractivity contribution >= 4 is 22.9 Å². The van der Waals surface area contributed by atoms with Crippen molar-refractivity contribution in [3.63, 3.8) is 0 Å². The Kier molecular flexibility index (Phi) is 6.93. The molecule has 5 nitrogen and oxygen atoms in total. The number of rotatable bonds is 9. The molecule has 2 rings (SSSR count). The van der Waals surface area contributed by atoms with Gasteiger partial charge in [-0.25, -0.2) is 4.98 Å². The van der Waals surface area contributed by atoms with E-state index in [1.807, 2.05) is 35.7 Å². The minimum Gasteiger partial charge on any atom is -0.395 e. The smallest absolute Gasteiger partial charge is 0.231 e. The Hall–Kier alpha value is -2.02. The molecule has 122 valence electrons. The van der Waals surface area contributed by atoms with Crippen molar-refractivity contribution in [1.82, 2.24) is 9.88 Å². The number of nitrogens with one attached hydrogen (secondary N) is 1. The Morgan fingerprint density at radius 2 is 2.17 bits per heavy atom. The van der Waals surface area contributed by atoms with Crippen LogP contribution in [-0.4, -0.2) is 40.6 Å². The zero-order valence-electron chi connectivity index (χ0n) is 12.9. The van der Waals surface area contributed by atoms with Crippen LogP contribution in [0.25, 0.3) is 0 Å². The summed E-state index contributed by atoms with van der Waals surface area (Å²) in [4.78, 5) is 18.6. The molecule has 0 spiro atoms. The fourth-order valence-electron chi connectivity index (χ4n) is 2.15. The molecule has 0 atom stereocenters. The number of carbonyl (C=O) groups excluding carboxylic acids is 1. The van der Waals surface area contributed by atoms with Crippen LogP contribution in [0, 0.1) is 0 Å². The third-order valence-electron chi connectivity index (χ3n) is 3.16. The Morgan fingerprint density at radius 1 is 1.39 bits per heavy atom. The van der Waals surface area contributed by atoms with E-state index in [-0.39, 0.29) is 18.9 Å². The van der Waals surface area contributed by atoms with Gasteiger partial charge in [-0.1, -0.05) is 24.3 Å². The third-order valence-corrected chi connectivity index (χ3v) is 4.06. The molecule has 23 heavy (non-hydrogen) atoms. The number of anilines is 1. The van der Waals surface area contributed by atoms with Crippen LogP contribution in [0.3, 0.4) is 0 Å². The van der Waals surface area contributed by atoms with E-state index < -0.39 is 0 Å². The summed E-state index contributed by atoms with van der Waals surface area (Å²) in [5.41, 5.74) is 1.70. The number of aliphatic hydroxyl groups excluding tert-OH is 1. The van der Waals surface area contributed by atoms with Gasteiger partial charge in [0.1, 0.15) is 5.01 Å². The molecule has 2 N–H and O–H groups in total. The van der Waals surface area contributed by atoms with Crippen molar-refractivity contribution in [2.75, 3.05) is 25.0 Å². The van der Waals surface area contributed by atoms with Gasteiger partial charge in [-0.15, -0.1) is 17.9 Å². The second-order valence-corrected chi connectivity index (χ2v) is 6.01. The van der Waals surface area contributed by atoms with Gasteiger partial charge in [-0.3, -0.25) is 9.69 Å². The average molecular weight is 331 g/mol. The highest BCUT2D eigenvalue weighted by atomic mass is 32.1. The zero-order chi connectivity index (χ0) is 16.5. The van der Waals surface area contributed by atoms with E-state index in [2.05, 4.69) is 21.8 Å². The lowest BCUT2D eigenvalue weighted by molar-refractivity contribution is -0.115. The molecule has 0 radical (unpaired) electrons. The summed E-state index contributed by atoms with van der Waals surface area (Å²) < 4.78 is 0. The maximum atomic E-state index is 12.0. The highest BCUT2D eigenvalue weighted by Gasteiger charge is 2.10. The van der Waals surface area contributed by atoms with Crippen LogP contribution in [0.4, 0.5) is 5.69 Å². The van der Waals surface area contributed by atoms with Crippen molar-refractivity contribution in [1.29, 1.82) is 0 Å². The molecule has 6 heteroatoms. The normalized spacial score (nSPS) is 10.7. The maximum absolute atomic E-state index is 12.0. The lowest BCUT2D eigenvalue weighted by Crippen LogP contribution is -2.26. The first-order chi connectivity index (χ1) is 11.2. The number of aromatic nitrogens is 1. The van der Waals surface area contributed by atoms with E-state index >= 15 is 0 Å². The maximum Gasteiger partial charge on any atom is 0.231 e. The number of aliphatic hydroxyl groups is 1. The van der Waals surface area contributed by atoms with Crippen LogP contribution in [-0.2, 0) is 17.8 Å². The van der Waals surface area contributed by atoms with E-state index in [1.54, 1.807) is 6.08 Å². The van der Waals surface area contributed by atoms with Crippen molar-refractivity contribution in [2.24, 2.45) is 0 Å². The van der Waals surface area contributed by atoms with E-state index in [0.717, 1.165) is 16.4 Å². The molecule has 0 aliphatic heterocycles. The second kappa shape index (κ2) is 9.19. The summed E-state index contributed by atoms with van der Waals surface area (Å²) in [7, 11) is 0. The van der Waals surface area contributed by atoms with Gasteiger partial charge < -0.3 is 10.4 Å². The summed E-state index contributed by atoms with van der Waals surface area (Å²) in [5.74, 6) is -0.0737. The third kappa shape index (κ3) is 5.94. The van der Waals surface area contributed by atoms with E-state index in [1.165, 1.54) is 11.3 Å². The Labute approximate surface area is 140 Å². The lowest BCUT2D eigenvalue weighted by atomic mass is 10.3. The van der Waals surface area contributed by atoms with Crippen molar-refractivity contribution in [2.45, 2.75) is 13.0 Å². The quantitative estimate of drug-likeness (QED) is 0.692. The molecule has 0 aliphatic carbocycles. The number of hydrogen-bond donors (Lipinski definition) is 2. The molecule has 1 aromatic heterocycles. The number of nitrogens with zero attached hydrogens (tertiary/aromatic N) is 2. The average Bonchev–Trinajstić information content (AvgIpc) is 2.95. The minimum atomic E-state index is -0.0737. The van der Waals surface area contributed by atoms with Crippen LogP contribution in [0.2, 0.25) is 0 Å². The van der Waals surface area contributed by atoms with Crippen LogP contribution in [0.5, 0.6) is 0 Å². The summed E-state index contributed by atoms with van der Waals surface area (Å²) >= 11 is 1.48. The minimum absolute atomic E-state index is 0.0737. The largest absolute Gasteiger partial charge is 0.395 e. The molecule has 0 aliphatic rings. The Bertz CT molecular complexity index is 628. The van der Waals surface area contributed by atoms with Gasteiger partial charge in [0.2, 0.25) is 5.91 Å². The Balaban J connectivity index is 1.88. The predicted octanol–water partition coefficient (Wildman–Crippen LogP) is 2.30. The molecular weight excluding hydrogens is 310 g/mol. The van der Waals surface area contributed by atoms with Gasteiger partial charge >= 0.3 is 0 Å². The predicted molar refractivity (Wildman–Crippen MR) is 93.4 cm³/mol. The van der Waals surface area contributed by atoms with Gasteiger partial charge in [-0.05, 0) is 12.1 Å². The van der Waals surface area contributed by atoms with Crippen molar-refractivity contribution < 1.29 is 9.90 Å². The number of para-hydroxylation sites is 1. The van der Waals surface area contributed by atoms with Gasteiger partial charge in [0.15, 0.2) is 0 Å². The summed E-state index contributed by atoms with van der Waals surface area (Å²) in [6, 6.07) is 9.38. The molecule has 0 saturated carbocycles. The number of thiazole rings is 1. The lowest BCUT2D eigenvalue weighted by Gasteiger charge is -2.17. The van der Waals surface area contributed by atoms with Crippen LogP contribution < -0.4 is 5.32 Å². The fourth-order valence-corrected chi connectivity index (χ4v) is 2.94. The molecule has 1 aromatic carbocycles. The van der Waals surface area contributed by atoms with Gasteiger partial charge in [0, 0.05) is 30.7 Å². The number of hydrogen-bond acceptors (Lipinski definition) is 5. The van der Waals surface area contributed by atoms with Crippen LogP contribution >= 0.6 is 11.3 Å². The molecule has 0 bridgehead atoms. The van der Waals surface area contributed by atoms with Gasteiger partial charge in [-0.2, -0.15) is 0 Å². The van der Waals surface area contributed by atoms with Crippen LogP contribution in [0.15, 0.2) is 48.4 Å². The first kappa shape index (κ1) is 17.3. The summed E-state index contributed by atoms with van der Waals surface area (Å²) in [6.45, 7) is 5.73. The molecule has 1 heterocycles. The molecule has 0 saturated heterocycles. The monoisotopic (exact) mass is 331 g/mol. The van der Waals surface area contributed by atoms with Crippen molar-refractivity contribution in [3.05, 3.63) is 59.1 Å². The standard InChI is InChI=1S/C17H21N3O2S/c1-2-8-20(9-10-21)12-15-13-23-17(19-15)11-16(22)18-14-6-4-3-5-7-14/h2-7,13,21H,1,8-12H2,(H,18,22). The second-order valence-electron chi connectivity index (χ2n) is 5.07. The number of benzene rings is 1. The molecular formula is C17H21N3O2S. The molecule has 2 aromatic rings. The highest BCUT2D eigenvalue weighted by Crippen LogP contribution is 2.14. The Morgan fingerprint density at radius 3 is 2.87 bits per heavy atom. The molecule has 0 unspecified atom stereocenters. The molecule has 0 fully saturated rings.